The lowest BCUT2D eigenvalue weighted by Gasteiger charge is -2.24. The molecule has 0 aliphatic heterocycles. The minimum Gasteiger partial charge on any atom is -0.360 e. The fraction of sp³-hybridized carbons (Fsp3) is 0.533. The van der Waals surface area contributed by atoms with E-state index in [2.05, 4.69) is 29.3 Å². The molecule has 2 amide bonds. The van der Waals surface area contributed by atoms with Crippen molar-refractivity contribution in [1.82, 2.24) is 15.0 Å². The van der Waals surface area contributed by atoms with Gasteiger partial charge in [-0.05, 0) is 20.8 Å². The lowest BCUT2D eigenvalue weighted by molar-refractivity contribution is 0.208. The molecule has 2 aromatic heterocycles. The molecule has 2 rings (SSSR count). The van der Waals surface area contributed by atoms with Crippen LogP contribution in [0.1, 0.15) is 54.1 Å². The summed E-state index contributed by atoms with van der Waals surface area (Å²) >= 11 is 1.66. The van der Waals surface area contributed by atoms with Crippen LogP contribution < -0.4 is 5.32 Å². The Balaban J connectivity index is 2.11. The molecule has 0 bridgehead atoms. The SMILES string of the molecule is Cc1cc(NC(=O)N(C)[C@@H](C)c2sc(C(C)C)nc2C)no1. The molecule has 7 heteroatoms. The number of amides is 2. The first-order valence-electron chi connectivity index (χ1n) is 7.24. The molecule has 0 radical (unpaired) electrons. The number of carbonyl (C=O) groups excluding carboxylic acids is 1. The van der Waals surface area contributed by atoms with Gasteiger partial charge >= 0.3 is 6.03 Å². The van der Waals surface area contributed by atoms with Gasteiger partial charge in [0.05, 0.1) is 16.7 Å². The van der Waals surface area contributed by atoms with Crippen molar-refractivity contribution in [2.45, 2.75) is 46.6 Å². The maximum absolute atomic E-state index is 12.3. The summed E-state index contributed by atoms with van der Waals surface area (Å²) in [6.45, 7) is 10.0. The van der Waals surface area contributed by atoms with Crippen LogP contribution in [-0.4, -0.2) is 28.1 Å². The Morgan fingerprint density at radius 2 is 2.05 bits per heavy atom. The number of thiazole rings is 1. The first-order chi connectivity index (χ1) is 10.3. The van der Waals surface area contributed by atoms with E-state index in [1.54, 1.807) is 36.3 Å². The van der Waals surface area contributed by atoms with Crippen LogP contribution in [0.15, 0.2) is 10.6 Å². The normalized spacial score (nSPS) is 12.5. The van der Waals surface area contributed by atoms with Crippen molar-refractivity contribution in [2.75, 3.05) is 12.4 Å². The van der Waals surface area contributed by atoms with Crippen molar-refractivity contribution in [1.29, 1.82) is 0 Å². The summed E-state index contributed by atoms with van der Waals surface area (Å²) in [5, 5.41) is 7.60. The van der Waals surface area contributed by atoms with E-state index in [0.717, 1.165) is 15.6 Å². The summed E-state index contributed by atoms with van der Waals surface area (Å²) in [5.74, 6) is 1.47. The van der Waals surface area contributed by atoms with Crippen LogP contribution >= 0.6 is 11.3 Å². The van der Waals surface area contributed by atoms with E-state index in [4.69, 9.17) is 4.52 Å². The van der Waals surface area contributed by atoms with Gasteiger partial charge < -0.3 is 9.42 Å². The molecule has 0 unspecified atom stereocenters. The average molecular weight is 322 g/mol. The molecule has 2 heterocycles. The highest BCUT2D eigenvalue weighted by Gasteiger charge is 2.23. The number of nitrogens with one attached hydrogen (secondary N) is 1. The van der Waals surface area contributed by atoms with Gasteiger partial charge in [0, 0.05) is 23.9 Å². The molecule has 120 valence electrons. The van der Waals surface area contributed by atoms with Gasteiger partial charge in [-0.1, -0.05) is 19.0 Å². The third kappa shape index (κ3) is 3.47. The molecule has 0 aliphatic carbocycles. The first-order valence-corrected chi connectivity index (χ1v) is 8.05. The van der Waals surface area contributed by atoms with E-state index in [-0.39, 0.29) is 12.1 Å². The van der Waals surface area contributed by atoms with E-state index >= 15 is 0 Å². The van der Waals surface area contributed by atoms with Gasteiger partial charge in [0.25, 0.3) is 0 Å². The van der Waals surface area contributed by atoms with Gasteiger partial charge in [-0.15, -0.1) is 11.3 Å². The number of carbonyl (C=O) groups is 1. The largest absolute Gasteiger partial charge is 0.360 e. The van der Waals surface area contributed by atoms with Crippen molar-refractivity contribution in [2.24, 2.45) is 0 Å². The molecule has 2 aromatic rings. The van der Waals surface area contributed by atoms with Crippen LogP contribution in [0.5, 0.6) is 0 Å². The molecule has 0 aliphatic rings. The Morgan fingerprint density at radius 3 is 2.55 bits per heavy atom. The lowest BCUT2D eigenvalue weighted by Crippen LogP contribution is -2.33. The second kappa shape index (κ2) is 6.48. The van der Waals surface area contributed by atoms with Crippen LogP contribution in [0.3, 0.4) is 0 Å². The molecule has 22 heavy (non-hydrogen) atoms. The Morgan fingerprint density at radius 1 is 1.36 bits per heavy atom. The maximum atomic E-state index is 12.3. The number of hydrogen-bond acceptors (Lipinski definition) is 5. The van der Waals surface area contributed by atoms with Crippen molar-refractivity contribution in [3.05, 3.63) is 27.4 Å². The fourth-order valence-corrected chi connectivity index (χ4v) is 3.20. The number of rotatable bonds is 4. The van der Waals surface area contributed by atoms with Crippen LogP contribution in [0, 0.1) is 13.8 Å². The zero-order valence-electron chi connectivity index (χ0n) is 13.8. The number of aromatic nitrogens is 2. The maximum Gasteiger partial charge on any atom is 0.323 e. The van der Waals surface area contributed by atoms with Crippen molar-refractivity contribution < 1.29 is 9.32 Å². The van der Waals surface area contributed by atoms with Gasteiger partial charge in [0.1, 0.15) is 5.76 Å². The fourth-order valence-electron chi connectivity index (χ4n) is 2.04. The summed E-state index contributed by atoms with van der Waals surface area (Å²) in [6, 6.07) is 1.41. The van der Waals surface area contributed by atoms with Crippen LogP contribution in [-0.2, 0) is 0 Å². The zero-order valence-corrected chi connectivity index (χ0v) is 14.6. The second-order valence-electron chi connectivity index (χ2n) is 5.70. The number of nitrogens with zero attached hydrogens (tertiary/aromatic N) is 3. The highest BCUT2D eigenvalue weighted by Crippen LogP contribution is 2.32. The number of hydrogen-bond donors (Lipinski definition) is 1. The Hall–Kier alpha value is -1.89. The standard InChI is InChI=1S/C15H22N4O2S/c1-8(2)14-16-10(4)13(22-14)11(5)19(6)15(20)17-12-7-9(3)21-18-12/h7-8,11H,1-6H3,(H,17,18,20)/t11-/m0/s1. The molecule has 1 atom stereocenters. The molecule has 1 N–H and O–H groups in total. The minimum atomic E-state index is -0.223. The molecule has 0 saturated heterocycles. The van der Waals surface area contributed by atoms with E-state index in [1.807, 2.05) is 13.8 Å². The topological polar surface area (TPSA) is 71.3 Å². The van der Waals surface area contributed by atoms with Gasteiger partial charge in [0.15, 0.2) is 5.82 Å². The quantitative estimate of drug-likeness (QED) is 0.920. The molecular formula is C15H22N4O2S. The summed E-state index contributed by atoms with van der Waals surface area (Å²) in [4.78, 5) is 19.7. The highest BCUT2D eigenvalue weighted by atomic mass is 32.1. The number of aryl methyl sites for hydroxylation is 2. The number of urea groups is 1. The van der Waals surface area contributed by atoms with E-state index < -0.39 is 0 Å². The van der Waals surface area contributed by atoms with Gasteiger partial charge in [-0.3, -0.25) is 5.32 Å². The van der Waals surface area contributed by atoms with Crippen LogP contribution in [0.25, 0.3) is 0 Å². The third-order valence-electron chi connectivity index (χ3n) is 3.49. The van der Waals surface area contributed by atoms with E-state index in [9.17, 15) is 4.79 Å². The predicted molar refractivity (Wildman–Crippen MR) is 87.4 cm³/mol. The van der Waals surface area contributed by atoms with Crippen molar-refractivity contribution in [3.63, 3.8) is 0 Å². The van der Waals surface area contributed by atoms with Crippen LogP contribution in [0.4, 0.5) is 10.6 Å². The highest BCUT2D eigenvalue weighted by molar-refractivity contribution is 7.11. The number of anilines is 1. The Kier molecular flexibility index (Phi) is 4.85. The summed E-state index contributed by atoms with van der Waals surface area (Å²) in [6.07, 6.45) is 0. The summed E-state index contributed by atoms with van der Waals surface area (Å²) in [7, 11) is 1.77. The first kappa shape index (κ1) is 16.5. The zero-order chi connectivity index (χ0) is 16.4. The van der Waals surface area contributed by atoms with E-state index in [1.165, 1.54) is 0 Å². The minimum absolute atomic E-state index is 0.0574. The Labute approximate surface area is 134 Å². The molecule has 6 nitrogen and oxygen atoms in total. The van der Waals surface area contributed by atoms with Crippen LogP contribution in [0.2, 0.25) is 0 Å². The predicted octanol–water partition coefficient (Wildman–Crippen LogP) is 4.10. The monoisotopic (exact) mass is 322 g/mol. The summed E-state index contributed by atoms with van der Waals surface area (Å²) in [5.41, 5.74) is 0.984. The Bertz CT molecular complexity index is 662. The van der Waals surface area contributed by atoms with Gasteiger partial charge in [-0.25, -0.2) is 9.78 Å². The molecule has 0 saturated carbocycles. The van der Waals surface area contributed by atoms with E-state index in [0.29, 0.717) is 17.5 Å². The van der Waals surface area contributed by atoms with Gasteiger partial charge in [-0.2, -0.15) is 0 Å². The van der Waals surface area contributed by atoms with Crippen molar-refractivity contribution in [3.8, 4) is 0 Å². The molecule has 0 aromatic carbocycles. The second-order valence-corrected chi connectivity index (χ2v) is 6.76. The molecule has 0 spiro atoms. The lowest BCUT2D eigenvalue weighted by atomic mass is 10.2. The van der Waals surface area contributed by atoms with Crippen molar-refractivity contribution >= 4 is 23.2 Å². The smallest absolute Gasteiger partial charge is 0.323 e. The van der Waals surface area contributed by atoms with Gasteiger partial charge in [0.2, 0.25) is 0 Å². The third-order valence-corrected chi connectivity index (χ3v) is 5.11. The molecular weight excluding hydrogens is 300 g/mol. The summed E-state index contributed by atoms with van der Waals surface area (Å²) < 4.78 is 4.95. The molecule has 0 fully saturated rings. The average Bonchev–Trinajstić information content (AvgIpc) is 3.03.